The SMILES string of the molecule is CCCNC(c1ccc(C)cc1C)C(C)(C)CC. The highest BCUT2D eigenvalue weighted by Crippen LogP contribution is 2.37. The molecule has 1 rings (SSSR count). The summed E-state index contributed by atoms with van der Waals surface area (Å²) in [5.41, 5.74) is 4.50. The van der Waals surface area contributed by atoms with Crippen LogP contribution in [0.2, 0.25) is 0 Å². The minimum atomic E-state index is 0.287. The van der Waals surface area contributed by atoms with E-state index in [0.29, 0.717) is 6.04 Å². The van der Waals surface area contributed by atoms with Gasteiger partial charge in [0, 0.05) is 6.04 Å². The molecule has 0 saturated heterocycles. The smallest absolute Gasteiger partial charge is 0.0374 e. The van der Waals surface area contributed by atoms with Crippen LogP contribution < -0.4 is 5.32 Å². The van der Waals surface area contributed by atoms with Crippen molar-refractivity contribution in [3.05, 3.63) is 34.9 Å². The molecule has 0 saturated carbocycles. The molecule has 0 amide bonds. The molecule has 1 heteroatoms. The molecule has 0 heterocycles. The fraction of sp³-hybridized carbons (Fsp3) is 0.647. The third-order valence-electron chi connectivity index (χ3n) is 4.03. The van der Waals surface area contributed by atoms with E-state index in [1.54, 1.807) is 0 Å². The van der Waals surface area contributed by atoms with E-state index < -0.39 is 0 Å². The Morgan fingerprint density at radius 3 is 2.33 bits per heavy atom. The van der Waals surface area contributed by atoms with Crippen molar-refractivity contribution in [3.8, 4) is 0 Å². The van der Waals surface area contributed by atoms with Crippen molar-refractivity contribution in [2.75, 3.05) is 6.54 Å². The summed E-state index contributed by atoms with van der Waals surface area (Å²) in [4.78, 5) is 0. The normalized spacial score (nSPS) is 13.7. The van der Waals surface area contributed by atoms with Crippen molar-refractivity contribution >= 4 is 0 Å². The van der Waals surface area contributed by atoms with Crippen LogP contribution >= 0.6 is 0 Å². The average Bonchev–Trinajstić information content (AvgIpc) is 2.31. The molecule has 0 bridgehead atoms. The van der Waals surface area contributed by atoms with E-state index in [1.807, 2.05) is 0 Å². The van der Waals surface area contributed by atoms with Crippen molar-refractivity contribution in [2.24, 2.45) is 5.41 Å². The Hall–Kier alpha value is -0.820. The van der Waals surface area contributed by atoms with Gasteiger partial charge in [0.2, 0.25) is 0 Å². The van der Waals surface area contributed by atoms with Gasteiger partial charge < -0.3 is 5.32 Å². The third kappa shape index (κ3) is 3.58. The van der Waals surface area contributed by atoms with Crippen LogP contribution in [0.25, 0.3) is 0 Å². The zero-order valence-electron chi connectivity index (χ0n) is 12.9. The summed E-state index contributed by atoms with van der Waals surface area (Å²) in [5, 5.41) is 3.74. The maximum Gasteiger partial charge on any atom is 0.0374 e. The summed E-state index contributed by atoms with van der Waals surface area (Å²) in [6, 6.07) is 7.27. The summed E-state index contributed by atoms with van der Waals surface area (Å²) >= 11 is 0. The molecular weight excluding hydrogens is 218 g/mol. The van der Waals surface area contributed by atoms with Gasteiger partial charge >= 0.3 is 0 Å². The second-order valence-electron chi connectivity index (χ2n) is 6.09. The standard InChI is InChI=1S/C17H29N/c1-7-11-18-16(17(5,6)8-2)15-10-9-13(3)12-14(15)4/h9-10,12,16,18H,7-8,11H2,1-6H3. The molecule has 1 aromatic rings. The molecule has 0 spiro atoms. The van der Waals surface area contributed by atoms with Crippen LogP contribution in [0.1, 0.15) is 63.3 Å². The number of nitrogens with one attached hydrogen (secondary N) is 1. The first-order chi connectivity index (χ1) is 8.42. The molecule has 1 nitrogen and oxygen atoms in total. The lowest BCUT2D eigenvalue weighted by molar-refractivity contribution is 0.234. The van der Waals surface area contributed by atoms with E-state index in [9.17, 15) is 0 Å². The molecule has 0 aromatic heterocycles. The van der Waals surface area contributed by atoms with Gasteiger partial charge in [-0.05, 0) is 49.8 Å². The van der Waals surface area contributed by atoms with Gasteiger partial charge in [0.05, 0.1) is 0 Å². The number of hydrogen-bond donors (Lipinski definition) is 1. The second-order valence-corrected chi connectivity index (χ2v) is 6.09. The van der Waals surface area contributed by atoms with Crippen molar-refractivity contribution in [1.82, 2.24) is 5.32 Å². The summed E-state index contributed by atoms with van der Waals surface area (Å²) in [6.07, 6.45) is 2.36. The van der Waals surface area contributed by atoms with E-state index in [-0.39, 0.29) is 5.41 Å². The summed E-state index contributed by atoms with van der Waals surface area (Å²) in [5.74, 6) is 0. The molecular formula is C17H29N. The van der Waals surface area contributed by atoms with Gasteiger partial charge in [0.25, 0.3) is 0 Å². The van der Waals surface area contributed by atoms with Crippen LogP contribution in [0.4, 0.5) is 0 Å². The Balaban J connectivity index is 3.09. The van der Waals surface area contributed by atoms with Gasteiger partial charge in [-0.25, -0.2) is 0 Å². The lowest BCUT2D eigenvalue weighted by Gasteiger charge is -2.36. The predicted octanol–water partition coefficient (Wildman–Crippen LogP) is 4.78. The maximum absolute atomic E-state index is 3.74. The topological polar surface area (TPSA) is 12.0 Å². The molecule has 102 valence electrons. The first kappa shape index (κ1) is 15.2. The highest BCUT2D eigenvalue weighted by Gasteiger charge is 2.29. The predicted molar refractivity (Wildman–Crippen MR) is 81.0 cm³/mol. The van der Waals surface area contributed by atoms with E-state index >= 15 is 0 Å². The Labute approximate surface area is 113 Å². The fourth-order valence-corrected chi connectivity index (χ4v) is 2.45. The molecule has 0 aliphatic carbocycles. The van der Waals surface area contributed by atoms with Gasteiger partial charge in [0.15, 0.2) is 0 Å². The number of hydrogen-bond acceptors (Lipinski definition) is 1. The zero-order chi connectivity index (χ0) is 13.8. The van der Waals surface area contributed by atoms with E-state index in [1.165, 1.54) is 29.5 Å². The maximum atomic E-state index is 3.74. The first-order valence-corrected chi connectivity index (χ1v) is 7.23. The molecule has 1 N–H and O–H groups in total. The highest BCUT2D eigenvalue weighted by atomic mass is 14.9. The highest BCUT2D eigenvalue weighted by molar-refractivity contribution is 5.33. The van der Waals surface area contributed by atoms with Crippen molar-refractivity contribution in [2.45, 2.75) is 60.4 Å². The molecule has 1 atom stereocenters. The molecule has 1 aromatic carbocycles. The second kappa shape index (κ2) is 6.38. The summed E-state index contributed by atoms with van der Waals surface area (Å²) in [7, 11) is 0. The average molecular weight is 247 g/mol. The largest absolute Gasteiger partial charge is 0.309 e. The Bertz CT molecular complexity index is 379. The first-order valence-electron chi connectivity index (χ1n) is 7.23. The lowest BCUT2D eigenvalue weighted by Crippen LogP contribution is -2.35. The van der Waals surface area contributed by atoms with Crippen LogP contribution in [0.15, 0.2) is 18.2 Å². The van der Waals surface area contributed by atoms with Gasteiger partial charge in [-0.15, -0.1) is 0 Å². The zero-order valence-corrected chi connectivity index (χ0v) is 12.9. The number of aryl methyl sites for hydroxylation is 2. The molecule has 18 heavy (non-hydrogen) atoms. The Morgan fingerprint density at radius 1 is 1.17 bits per heavy atom. The van der Waals surface area contributed by atoms with Crippen molar-refractivity contribution in [1.29, 1.82) is 0 Å². The van der Waals surface area contributed by atoms with Crippen molar-refractivity contribution in [3.63, 3.8) is 0 Å². The third-order valence-corrected chi connectivity index (χ3v) is 4.03. The van der Waals surface area contributed by atoms with E-state index in [4.69, 9.17) is 0 Å². The lowest BCUT2D eigenvalue weighted by atomic mass is 9.77. The molecule has 0 fully saturated rings. The van der Waals surface area contributed by atoms with Crippen LogP contribution in [0.5, 0.6) is 0 Å². The monoisotopic (exact) mass is 247 g/mol. The summed E-state index contributed by atoms with van der Waals surface area (Å²) in [6.45, 7) is 14.7. The number of benzene rings is 1. The van der Waals surface area contributed by atoms with E-state index in [0.717, 1.165) is 6.54 Å². The Kier molecular flexibility index (Phi) is 5.40. The van der Waals surface area contributed by atoms with Gasteiger partial charge in [-0.3, -0.25) is 0 Å². The molecule has 0 aliphatic rings. The molecule has 0 aliphatic heterocycles. The minimum absolute atomic E-state index is 0.287. The molecule has 0 radical (unpaired) electrons. The molecule has 1 unspecified atom stereocenters. The number of rotatable bonds is 6. The van der Waals surface area contributed by atoms with Crippen LogP contribution in [-0.4, -0.2) is 6.54 Å². The van der Waals surface area contributed by atoms with Crippen LogP contribution in [-0.2, 0) is 0 Å². The van der Waals surface area contributed by atoms with Gasteiger partial charge in [-0.2, -0.15) is 0 Å². The summed E-state index contributed by atoms with van der Waals surface area (Å²) < 4.78 is 0. The van der Waals surface area contributed by atoms with Gasteiger partial charge in [0.1, 0.15) is 0 Å². The van der Waals surface area contributed by atoms with Gasteiger partial charge in [-0.1, -0.05) is 51.5 Å². The Morgan fingerprint density at radius 2 is 1.83 bits per heavy atom. The fourth-order valence-electron chi connectivity index (χ4n) is 2.45. The quantitative estimate of drug-likeness (QED) is 0.763. The van der Waals surface area contributed by atoms with Crippen molar-refractivity contribution < 1.29 is 0 Å². The van der Waals surface area contributed by atoms with Crippen LogP contribution in [0.3, 0.4) is 0 Å². The minimum Gasteiger partial charge on any atom is -0.309 e. The van der Waals surface area contributed by atoms with Crippen LogP contribution in [0, 0.1) is 19.3 Å². The van der Waals surface area contributed by atoms with E-state index in [2.05, 4.69) is 65.1 Å².